The van der Waals surface area contributed by atoms with Crippen LogP contribution < -0.4 is 0 Å². The number of benzene rings is 1. The van der Waals surface area contributed by atoms with Crippen LogP contribution in [0.5, 0.6) is 0 Å². The zero-order valence-electron chi connectivity index (χ0n) is 11.5. The number of hydrogen-bond donors (Lipinski definition) is 1. The summed E-state index contributed by atoms with van der Waals surface area (Å²) in [5.41, 5.74) is -0.553. The van der Waals surface area contributed by atoms with Crippen LogP contribution in [0.1, 0.15) is 29.9 Å². The highest BCUT2D eigenvalue weighted by Gasteiger charge is 2.53. The zero-order valence-corrected chi connectivity index (χ0v) is 11.5. The van der Waals surface area contributed by atoms with E-state index in [0.717, 1.165) is 18.6 Å². The third-order valence-corrected chi connectivity index (χ3v) is 4.49. The predicted octanol–water partition coefficient (Wildman–Crippen LogP) is 2.49. The molecule has 0 radical (unpaired) electrons. The molecule has 0 spiro atoms. The fourth-order valence-corrected chi connectivity index (χ4v) is 3.59. The molecule has 118 valence electrons. The minimum absolute atomic E-state index is 0.268. The Morgan fingerprint density at radius 2 is 2.05 bits per heavy atom. The largest absolute Gasteiger partial charge is 0.481 e. The van der Waals surface area contributed by atoms with Crippen LogP contribution in [0.3, 0.4) is 0 Å². The number of aliphatic carboxylic acids is 1. The van der Waals surface area contributed by atoms with Crippen molar-refractivity contribution in [2.75, 3.05) is 6.54 Å². The van der Waals surface area contributed by atoms with Crippen LogP contribution >= 0.6 is 0 Å². The van der Waals surface area contributed by atoms with E-state index < -0.39 is 35.5 Å². The van der Waals surface area contributed by atoms with Gasteiger partial charge in [-0.2, -0.15) is 13.2 Å². The number of carboxylic acids is 1. The van der Waals surface area contributed by atoms with Gasteiger partial charge in [0.2, 0.25) is 5.91 Å². The Balaban J connectivity index is 2.05. The highest BCUT2D eigenvalue weighted by Crippen LogP contribution is 2.45. The first-order chi connectivity index (χ1) is 10.3. The van der Waals surface area contributed by atoms with Crippen molar-refractivity contribution in [1.82, 2.24) is 4.90 Å². The van der Waals surface area contributed by atoms with E-state index in [1.807, 2.05) is 0 Å². The topological polar surface area (TPSA) is 57.6 Å². The molecule has 2 fully saturated rings. The third-order valence-electron chi connectivity index (χ3n) is 4.49. The minimum Gasteiger partial charge on any atom is -0.481 e. The molecular weight excluding hydrogens is 299 g/mol. The lowest BCUT2D eigenvalue weighted by molar-refractivity contribution is -0.148. The smallest absolute Gasteiger partial charge is 0.416 e. The lowest BCUT2D eigenvalue weighted by atomic mass is 9.82. The molecule has 2 saturated heterocycles. The molecule has 0 saturated carbocycles. The van der Waals surface area contributed by atoms with E-state index in [1.165, 1.54) is 17.0 Å². The minimum atomic E-state index is -4.49. The summed E-state index contributed by atoms with van der Waals surface area (Å²) in [4.78, 5) is 25.2. The number of amides is 1. The van der Waals surface area contributed by atoms with Gasteiger partial charge in [-0.15, -0.1) is 0 Å². The van der Waals surface area contributed by atoms with Gasteiger partial charge in [-0.3, -0.25) is 9.59 Å². The van der Waals surface area contributed by atoms with E-state index in [4.69, 9.17) is 0 Å². The Morgan fingerprint density at radius 3 is 2.68 bits per heavy atom. The summed E-state index contributed by atoms with van der Waals surface area (Å²) >= 11 is 0. The van der Waals surface area contributed by atoms with Gasteiger partial charge < -0.3 is 10.0 Å². The van der Waals surface area contributed by atoms with Crippen molar-refractivity contribution in [1.29, 1.82) is 0 Å². The van der Waals surface area contributed by atoms with E-state index in [9.17, 15) is 27.9 Å². The molecule has 4 nitrogen and oxygen atoms in total. The van der Waals surface area contributed by atoms with Crippen LogP contribution in [0.25, 0.3) is 0 Å². The summed E-state index contributed by atoms with van der Waals surface area (Å²) in [6, 6.07) is 4.33. The van der Waals surface area contributed by atoms with Gasteiger partial charge in [0.1, 0.15) is 5.92 Å². The van der Waals surface area contributed by atoms with Crippen molar-refractivity contribution in [3.8, 4) is 0 Å². The Hall–Kier alpha value is -2.05. The number of rotatable bonds is 2. The van der Waals surface area contributed by atoms with Gasteiger partial charge in [-0.05, 0) is 24.5 Å². The lowest BCUT2D eigenvalue weighted by Crippen LogP contribution is -2.30. The standard InChI is InChI=1S/C15H14F3NO3/c16-15(17,18)9-4-1-3-8(7-9)11-10-5-2-6-19(10)13(20)12(11)14(21)22/h1,3-4,7,10-12H,2,5-6H2,(H,21,22). The van der Waals surface area contributed by atoms with E-state index in [0.29, 0.717) is 13.0 Å². The first-order valence-corrected chi connectivity index (χ1v) is 7.01. The maximum Gasteiger partial charge on any atom is 0.416 e. The molecule has 1 aromatic carbocycles. The number of carbonyl (C=O) groups is 2. The summed E-state index contributed by atoms with van der Waals surface area (Å²) < 4.78 is 38.6. The summed E-state index contributed by atoms with van der Waals surface area (Å²) in [7, 11) is 0. The Morgan fingerprint density at radius 1 is 1.32 bits per heavy atom. The Bertz CT molecular complexity index is 629. The number of hydrogen-bond acceptors (Lipinski definition) is 2. The average molecular weight is 313 g/mol. The molecular formula is C15H14F3NO3. The molecule has 22 heavy (non-hydrogen) atoms. The van der Waals surface area contributed by atoms with E-state index in [2.05, 4.69) is 0 Å². The highest BCUT2D eigenvalue weighted by atomic mass is 19.4. The van der Waals surface area contributed by atoms with Crippen LogP contribution in [0.15, 0.2) is 24.3 Å². The fourth-order valence-electron chi connectivity index (χ4n) is 3.59. The van der Waals surface area contributed by atoms with E-state index in [-0.39, 0.29) is 11.6 Å². The van der Waals surface area contributed by atoms with E-state index in [1.54, 1.807) is 0 Å². The molecule has 0 aromatic heterocycles. The first kappa shape index (κ1) is 14.9. The van der Waals surface area contributed by atoms with Gasteiger partial charge in [0.05, 0.1) is 5.56 Å². The fraction of sp³-hybridized carbons (Fsp3) is 0.467. The molecule has 0 bridgehead atoms. The van der Waals surface area contributed by atoms with Crippen molar-refractivity contribution in [2.45, 2.75) is 31.0 Å². The number of fused-ring (bicyclic) bond motifs is 1. The second-order valence-corrected chi connectivity index (χ2v) is 5.71. The second-order valence-electron chi connectivity index (χ2n) is 5.71. The average Bonchev–Trinajstić information content (AvgIpc) is 3.00. The normalized spacial score (nSPS) is 28.0. The summed E-state index contributed by atoms with van der Waals surface area (Å²) in [5.74, 6) is -3.79. The number of carboxylic acid groups (broad SMARTS) is 1. The molecule has 0 aliphatic carbocycles. The molecule has 1 amide bonds. The summed E-state index contributed by atoms with van der Waals surface area (Å²) in [6.07, 6.45) is -3.12. The maximum atomic E-state index is 12.9. The SMILES string of the molecule is O=C(O)C1C(=O)N2CCCC2C1c1cccc(C(F)(F)F)c1. The lowest BCUT2D eigenvalue weighted by Gasteiger charge is -2.22. The van der Waals surface area contributed by atoms with Crippen molar-refractivity contribution in [3.05, 3.63) is 35.4 Å². The monoisotopic (exact) mass is 313 g/mol. The number of nitrogens with zero attached hydrogens (tertiary/aromatic N) is 1. The molecule has 7 heteroatoms. The van der Waals surface area contributed by atoms with Crippen LogP contribution in [0.2, 0.25) is 0 Å². The molecule has 2 aliphatic rings. The van der Waals surface area contributed by atoms with Crippen molar-refractivity contribution >= 4 is 11.9 Å². The molecule has 2 aliphatic heterocycles. The van der Waals surface area contributed by atoms with Crippen molar-refractivity contribution < 1.29 is 27.9 Å². The number of carbonyl (C=O) groups excluding carboxylic acids is 1. The molecule has 3 atom stereocenters. The van der Waals surface area contributed by atoms with Crippen molar-refractivity contribution in [2.24, 2.45) is 5.92 Å². The molecule has 1 aromatic rings. The van der Waals surface area contributed by atoms with Gasteiger partial charge in [0, 0.05) is 18.5 Å². The van der Waals surface area contributed by atoms with Gasteiger partial charge in [0.15, 0.2) is 0 Å². The van der Waals surface area contributed by atoms with Crippen molar-refractivity contribution in [3.63, 3.8) is 0 Å². The number of halogens is 3. The molecule has 3 unspecified atom stereocenters. The van der Waals surface area contributed by atoms with Crippen LogP contribution in [-0.2, 0) is 15.8 Å². The highest BCUT2D eigenvalue weighted by molar-refractivity contribution is 6.00. The third kappa shape index (κ3) is 2.24. The van der Waals surface area contributed by atoms with Gasteiger partial charge in [-0.25, -0.2) is 0 Å². The van der Waals surface area contributed by atoms with Gasteiger partial charge in [-0.1, -0.05) is 18.2 Å². The molecule has 3 rings (SSSR count). The Kier molecular flexibility index (Phi) is 3.38. The maximum absolute atomic E-state index is 12.9. The molecule has 1 N–H and O–H groups in total. The van der Waals surface area contributed by atoms with Gasteiger partial charge in [0.25, 0.3) is 0 Å². The number of alkyl halides is 3. The van der Waals surface area contributed by atoms with Crippen LogP contribution in [0.4, 0.5) is 13.2 Å². The molecule has 2 heterocycles. The van der Waals surface area contributed by atoms with Crippen LogP contribution in [0, 0.1) is 5.92 Å². The second kappa shape index (κ2) is 5.00. The summed E-state index contributed by atoms with van der Waals surface area (Å²) in [6.45, 7) is 0.475. The quantitative estimate of drug-likeness (QED) is 0.854. The summed E-state index contributed by atoms with van der Waals surface area (Å²) in [5, 5.41) is 9.33. The predicted molar refractivity (Wildman–Crippen MR) is 70.0 cm³/mol. The van der Waals surface area contributed by atoms with E-state index >= 15 is 0 Å². The zero-order chi connectivity index (χ0) is 16.1. The first-order valence-electron chi connectivity index (χ1n) is 7.01. The van der Waals surface area contributed by atoms with Gasteiger partial charge >= 0.3 is 12.1 Å². The Labute approximate surface area is 124 Å². The van der Waals surface area contributed by atoms with Crippen LogP contribution in [-0.4, -0.2) is 34.5 Å².